The van der Waals surface area contributed by atoms with Crippen LogP contribution in [0.15, 0.2) is 39.8 Å². The van der Waals surface area contributed by atoms with Gasteiger partial charge in [-0.25, -0.2) is 8.42 Å². The Hall–Kier alpha value is -2.81. The molecule has 2 aromatic rings. The molecule has 2 amide bonds. The zero-order chi connectivity index (χ0) is 19.6. The lowest BCUT2D eigenvalue weighted by Gasteiger charge is -2.21. The molecule has 0 fully saturated rings. The van der Waals surface area contributed by atoms with Crippen LogP contribution in [0.4, 0.5) is 5.69 Å². The van der Waals surface area contributed by atoms with Crippen molar-refractivity contribution in [3.63, 3.8) is 0 Å². The van der Waals surface area contributed by atoms with E-state index < -0.39 is 15.1 Å². The molecule has 0 saturated carbocycles. The van der Waals surface area contributed by atoms with E-state index in [1.54, 1.807) is 25.1 Å². The minimum atomic E-state index is -3.76. The molecule has 0 aliphatic carbocycles. The molecule has 2 heterocycles. The third-order valence-electron chi connectivity index (χ3n) is 4.26. The molecule has 0 bridgehead atoms. The predicted octanol–water partition coefficient (Wildman–Crippen LogP) is 1.79. The molecule has 3 rings (SSSR count). The van der Waals surface area contributed by atoms with Crippen molar-refractivity contribution >= 4 is 27.3 Å². The van der Waals surface area contributed by atoms with Crippen molar-refractivity contribution in [2.45, 2.75) is 37.0 Å². The van der Waals surface area contributed by atoms with Crippen LogP contribution in [0.25, 0.3) is 0 Å². The molecule has 27 heavy (non-hydrogen) atoms. The van der Waals surface area contributed by atoms with E-state index in [9.17, 15) is 18.0 Å². The molecule has 1 unspecified atom stereocenters. The zero-order valence-corrected chi connectivity index (χ0v) is 15.8. The first-order valence-electron chi connectivity index (χ1n) is 8.37. The summed E-state index contributed by atoms with van der Waals surface area (Å²) in [7, 11) is -3.76. The van der Waals surface area contributed by atoms with Gasteiger partial charge in [-0.15, -0.1) is 0 Å². The van der Waals surface area contributed by atoms with Gasteiger partial charge in [-0.2, -0.15) is 0 Å². The van der Waals surface area contributed by atoms with Crippen molar-refractivity contribution in [2.24, 2.45) is 0 Å². The van der Waals surface area contributed by atoms with Gasteiger partial charge in [0.1, 0.15) is 11.5 Å². The largest absolute Gasteiger partial charge is 0.482 e. The normalized spacial score (nSPS) is 14.7. The minimum absolute atomic E-state index is 0.0868. The molecule has 8 nitrogen and oxygen atoms in total. The Morgan fingerprint density at radius 3 is 2.85 bits per heavy atom. The molecule has 1 aromatic carbocycles. The van der Waals surface area contributed by atoms with E-state index >= 15 is 0 Å². The fourth-order valence-corrected chi connectivity index (χ4v) is 4.36. The number of aryl methyl sites for hydroxylation is 1. The second kappa shape index (κ2) is 7.43. The summed E-state index contributed by atoms with van der Waals surface area (Å²) >= 11 is 0. The van der Waals surface area contributed by atoms with Gasteiger partial charge in [0.05, 0.1) is 28.6 Å². The summed E-state index contributed by atoms with van der Waals surface area (Å²) in [4.78, 5) is 23.6. The van der Waals surface area contributed by atoms with Crippen molar-refractivity contribution in [3.8, 4) is 5.75 Å². The van der Waals surface area contributed by atoms with Crippen molar-refractivity contribution in [2.75, 3.05) is 11.9 Å². The first-order chi connectivity index (χ1) is 12.8. The van der Waals surface area contributed by atoms with Gasteiger partial charge in [-0.1, -0.05) is 0 Å². The number of hydrogen-bond donors (Lipinski definition) is 2. The minimum Gasteiger partial charge on any atom is -0.482 e. The number of sulfone groups is 1. The summed E-state index contributed by atoms with van der Waals surface area (Å²) in [5.74, 6) is 0.206. The lowest BCUT2D eigenvalue weighted by molar-refractivity contribution is -0.121. The number of amides is 2. The maximum atomic E-state index is 12.9. The number of ether oxygens (including phenoxy) is 1. The fraction of sp³-hybridized carbons (Fsp3) is 0.333. The van der Waals surface area contributed by atoms with Gasteiger partial charge in [-0.05, 0) is 37.6 Å². The van der Waals surface area contributed by atoms with Crippen LogP contribution in [0.1, 0.15) is 24.7 Å². The number of anilines is 1. The van der Waals surface area contributed by atoms with Crippen molar-refractivity contribution in [3.05, 3.63) is 41.9 Å². The number of carbonyl (C=O) groups excluding carboxylic acids is 2. The molecule has 9 heteroatoms. The Balaban J connectivity index is 1.73. The van der Waals surface area contributed by atoms with Gasteiger partial charge in [0.25, 0.3) is 5.91 Å². The monoisotopic (exact) mass is 392 g/mol. The topological polar surface area (TPSA) is 115 Å². The van der Waals surface area contributed by atoms with Gasteiger partial charge >= 0.3 is 0 Å². The van der Waals surface area contributed by atoms with E-state index in [0.717, 1.165) is 0 Å². The Kier molecular flexibility index (Phi) is 5.22. The van der Waals surface area contributed by atoms with Crippen LogP contribution in [0.3, 0.4) is 0 Å². The second-order valence-corrected chi connectivity index (χ2v) is 8.70. The summed E-state index contributed by atoms with van der Waals surface area (Å²) in [5, 5.41) is 4.35. The van der Waals surface area contributed by atoms with Gasteiger partial charge in [0, 0.05) is 12.5 Å². The molecule has 0 radical (unpaired) electrons. The van der Waals surface area contributed by atoms with Crippen LogP contribution in [0.2, 0.25) is 0 Å². The van der Waals surface area contributed by atoms with Crippen molar-refractivity contribution in [1.29, 1.82) is 0 Å². The van der Waals surface area contributed by atoms with Gasteiger partial charge in [0.15, 0.2) is 16.4 Å². The van der Waals surface area contributed by atoms with Gasteiger partial charge in [0.2, 0.25) is 5.91 Å². The number of benzene rings is 1. The summed E-state index contributed by atoms with van der Waals surface area (Å²) in [5.41, 5.74) is 0.911. The second-order valence-electron chi connectivity index (χ2n) is 6.37. The van der Waals surface area contributed by atoms with Crippen LogP contribution in [0.5, 0.6) is 5.75 Å². The average molecular weight is 392 g/mol. The van der Waals surface area contributed by atoms with Gasteiger partial charge < -0.3 is 19.8 Å². The molecular formula is C18H20N2O6S. The Bertz CT molecular complexity index is 966. The zero-order valence-electron chi connectivity index (χ0n) is 14.9. The molecule has 0 spiro atoms. The molecule has 1 atom stereocenters. The third kappa shape index (κ3) is 4.13. The van der Waals surface area contributed by atoms with Crippen molar-refractivity contribution < 1.29 is 27.2 Å². The van der Waals surface area contributed by atoms with E-state index in [-0.39, 0.29) is 36.3 Å². The number of nitrogens with one attached hydrogen (secondary N) is 2. The Morgan fingerprint density at radius 2 is 2.15 bits per heavy atom. The smallest absolute Gasteiger partial charge is 0.262 e. The molecule has 1 aromatic heterocycles. The van der Waals surface area contributed by atoms with Crippen molar-refractivity contribution in [1.82, 2.24) is 5.32 Å². The molecule has 0 saturated heterocycles. The molecule has 1 aliphatic rings. The number of furan rings is 1. The predicted molar refractivity (Wildman–Crippen MR) is 97.1 cm³/mol. The highest BCUT2D eigenvalue weighted by atomic mass is 32.2. The fourth-order valence-electron chi connectivity index (χ4n) is 2.78. The van der Waals surface area contributed by atoms with Crippen LogP contribution < -0.4 is 15.4 Å². The highest BCUT2D eigenvalue weighted by molar-refractivity contribution is 7.92. The molecular weight excluding hydrogens is 372 g/mol. The van der Waals surface area contributed by atoms with Crippen LogP contribution in [-0.2, 0) is 26.0 Å². The number of carbonyl (C=O) groups is 2. The van der Waals surface area contributed by atoms with Gasteiger partial charge in [-0.3, -0.25) is 9.59 Å². The standard InChI is InChI=1S/C18H20N2O6S/c1-11-6-14-15(26-10-18(22)20-14)8-16(11)27(23,24)12(2)7-17(21)19-9-13-4-3-5-25-13/h3-6,8,12H,7,9-10H2,1-2H3,(H,19,21)(H,20,22). The van der Waals surface area contributed by atoms with E-state index in [4.69, 9.17) is 9.15 Å². The first-order valence-corrected chi connectivity index (χ1v) is 9.92. The van der Waals surface area contributed by atoms with E-state index in [1.165, 1.54) is 19.3 Å². The summed E-state index contributed by atoms with van der Waals surface area (Å²) in [6.45, 7) is 3.16. The van der Waals surface area contributed by atoms with Crippen LogP contribution >= 0.6 is 0 Å². The molecule has 1 aliphatic heterocycles. The third-order valence-corrected chi connectivity index (χ3v) is 6.54. The van der Waals surface area contributed by atoms with E-state index in [2.05, 4.69) is 10.6 Å². The number of rotatable bonds is 6. The number of fused-ring (bicyclic) bond motifs is 1. The van der Waals surface area contributed by atoms with E-state index in [0.29, 0.717) is 22.8 Å². The lowest BCUT2D eigenvalue weighted by atomic mass is 10.2. The Morgan fingerprint density at radius 1 is 1.37 bits per heavy atom. The van der Waals surface area contributed by atoms with E-state index in [1.807, 2.05) is 0 Å². The average Bonchev–Trinajstić information content (AvgIpc) is 3.12. The highest BCUT2D eigenvalue weighted by Crippen LogP contribution is 2.34. The number of hydrogen-bond acceptors (Lipinski definition) is 6. The first kappa shape index (κ1) is 19.0. The highest BCUT2D eigenvalue weighted by Gasteiger charge is 2.29. The van der Waals surface area contributed by atoms with Crippen LogP contribution in [-0.4, -0.2) is 32.1 Å². The maximum Gasteiger partial charge on any atom is 0.262 e. The SMILES string of the molecule is Cc1cc2c(cc1S(=O)(=O)C(C)CC(=O)NCc1ccco1)OCC(=O)N2. The lowest BCUT2D eigenvalue weighted by Crippen LogP contribution is -2.30. The quantitative estimate of drug-likeness (QED) is 0.775. The van der Waals surface area contributed by atoms with Crippen LogP contribution in [0, 0.1) is 6.92 Å². The maximum absolute atomic E-state index is 12.9. The summed E-state index contributed by atoms with van der Waals surface area (Å²) in [6.07, 6.45) is 1.31. The summed E-state index contributed by atoms with van der Waals surface area (Å²) in [6, 6.07) is 6.38. The molecule has 2 N–H and O–H groups in total. The molecule has 144 valence electrons. The summed E-state index contributed by atoms with van der Waals surface area (Å²) < 4.78 is 36.3. The Labute approximate surface area is 156 Å².